The lowest BCUT2D eigenvalue weighted by Gasteiger charge is -2.18. The highest BCUT2D eigenvalue weighted by Gasteiger charge is 2.16. The fraction of sp³-hybridized carbons (Fsp3) is 0.429. The summed E-state index contributed by atoms with van der Waals surface area (Å²) >= 11 is 0. The van der Waals surface area contributed by atoms with Gasteiger partial charge in [0.25, 0.3) is 5.91 Å². The molecule has 4 N–H and O–H groups in total. The topological polar surface area (TPSA) is 98.7 Å². The van der Waals surface area contributed by atoms with E-state index in [0.29, 0.717) is 12.0 Å². The molecular formula is C14H20N2O4. The molecule has 0 fully saturated rings. The zero-order valence-corrected chi connectivity index (χ0v) is 11.9. The molecule has 6 nitrogen and oxygen atoms in total. The Morgan fingerprint density at radius 3 is 2.20 bits per heavy atom. The molecule has 0 aliphatic rings. The number of carboxylic acid groups (broad SMARTS) is 1. The van der Waals surface area contributed by atoms with Crippen molar-refractivity contribution in [2.75, 3.05) is 13.7 Å². The van der Waals surface area contributed by atoms with Gasteiger partial charge in [0.15, 0.2) is 0 Å². The van der Waals surface area contributed by atoms with Crippen molar-refractivity contribution in [3.63, 3.8) is 0 Å². The number of rotatable bonds is 5. The van der Waals surface area contributed by atoms with E-state index in [-0.39, 0.29) is 12.5 Å². The van der Waals surface area contributed by atoms with Gasteiger partial charge in [-0.2, -0.15) is 0 Å². The Kier molecular flexibility index (Phi) is 5.52. The Labute approximate surface area is 117 Å². The summed E-state index contributed by atoms with van der Waals surface area (Å²) < 4.78 is 0. The van der Waals surface area contributed by atoms with Crippen molar-refractivity contribution < 1.29 is 19.8 Å². The Morgan fingerprint density at radius 2 is 1.80 bits per heavy atom. The van der Waals surface area contributed by atoms with Gasteiger partial charge in [0.1, 0.15) is 0 Å². The van der Waals surface area contributed by atoms with Gasteiger partial charge in [-0.1, -0.05) is 0 Å². The van der Waals surface area contributed by atoms with E-state index in [9.17, 15) is 14.7 Å². The van der Waals surface area contributed by atoms with Crippen LogP contribution in [0.2, 0.25) is 0 Å². The van der Waals surface area contributed by atoms with Gasteiger partial charge in [-0.05, 0) is 49.1 Å². The van der Waals surface area contributed by atoms with Crippen LogP contribution in [-0.2, 0) is 6.42 Å². The zero-order chi connectivity index (χ0) is 15.3. The van der Waals surface area contributed by atoms with E-state index in [4.69, 9.17) is 5.11 Å². The number of aryl methyl sites for hydroxylation is 2. The number of amides is 2. The third-order valence-electron chi connectivity index (χ3n) is 3.18. The lowest BCUT2D eigenvalue weighted by Crippen LogP contribution is -2.38. The third kappa shape index (κ3) is 3.96. The van der Waals surface area contributed by atoms with Crippen LogP contribution in [0.4, 0.5) is 4.79 Å². The lowest BCUT2D eigenvalue weighted by atomic mass is 9.94. The van der Waals surface area contributed by atoms with Crippen LogP contribution in [0.25, 0.3) is 0 Å². The summed E-state index contributed by atoms with van der Waals surface area (Å²) in [5.41, 5.74) is 3.30. The van der Waals surface area contributed by atoms with E-state index in [1.807, 2.05) is 13.8 Å². The predicted molar refractivity (Wildman–Crippen MR) is 75.0 cm³/mol. The van der Waals surface area contributed by atoms with Crippen LogP contribution in [-0.4, -0.2) is 41.9 Å². The molecule has 0 unspecified atom stereocenters. The minimum absolute atomic E-state index is 0.162. The predicted octanol–water partition coefficient (Wildman–Crippen LogP) is 0.834. The normalized spacial score (nSPS) is 11.8. The molecule has 0 aliphatic carbocycles. The summed E-state index contributed by atoms with van der Waals surface area (Å²) in [4.78, 5) is 22.2. The van der Waals surface area contributed by atoms with Gasteiger partial charge in [0.05, 0.1) is 12.6 Å². The first-order valence-corrected chi connectivity index (χ1v) is 6.31. The van der Waals surface area contributed by atoms with Crippen molar-refractivity contribution in [1.29, 1.82) is 0 Å². The summed E-state index contributed by atoms with van der Waals surface area (Å²) in [5, 5.41) is 22.7. The van der Waals surface area contributed by atoms with E-state index in [1.54, 1.807) is 19.2 Å². The Balaban J connectivity index is 3.01. The van der Waals surface area contributed by atoms with Crippen LogP contribution in [0.5, 0.6) is 0 Å². The number of aliphatic hydroxyl groups excluding tert-OH is 1. The standard InChI is InChI=1S/C14H20N2O4/c1-8-4-10(13(18)15-3)5-9(2)12(8)6-11(7-17)16-14(19)20/h4-5,11,16-17H,6-7H2,1-3H3,(H,15,18)(H,19,20)/t11-/m0/s1. The minimum Gasteiger partial charge on any atom is -0.465 e. The number of hydrogen-bond acceptors (Lipinski definition) is 3. The van der Waals surface area contributed by atoms with Gasteiger partial charge in [-0.25, -0.2) is 4.79 Å². The Morgan fingerprint density at radius 1 is 1.25 bits per heavy atom. The van der Waals surface area contributed by atoms with Gasteiger partial charge in [-0.3, -0.25) is 4.79 Å². The van der Waals surface area contributed by atoms with Gasteiger partial charge in [0.2, 0.25) is 0 Å². The van der Waals surface area contributed by atoms with Crippen molar-refractivity contribution in [2.24, 2.45) is 0 Å². The molecule has 0 spiro atoms. The molecule has 1 rings (SSSR count). The smallest absolute Gasteiger partial charge is 0.404 e. The number of hydrogen-bond donors (Lipinski definition) is 4. The molecular weight excluding hydrogens is 260 g/mol. The van der Waals surface area contributed by atoms with Gasteiger partial charge in [-0.15, -0.1) is 0 Å². The number of carbonyl (C=O) groups excluding carboxylic acids is 1. The quantitative estimate of drug-likeness (QED) is 0.642. The zero-order valence-electron chi connectivity index (χ0n) is 11.9. The maximum Gasteiger partial charge on any atom is 0.404 e. The van der Waals surface area contributed by atoms with Crippen LogP contribution in [0.1, 0.15) is 27.0 Å². The lowest BCUT2D eigenvalue weighted by molar-refractivity contribution is 0.0963. The van der Waals surface area contributed by atoms with Crippen molar-refractivity contribution in [2.45, 2.75) is 26.3 Å². The molecule has 0 aliphatic heterocycles. The maximum atomic E-state index is 11.6. The second-order valence-electron chi connectivity index (χ2n) is 4.70. The second kappa shape index (κ2) is 6.91. The van der Waals surface area contributed by atoms with E-state index in [0.717, 1.165) is 16.7 Å². The fourth-order valence-corrected chi connectivity index (χ4v) is 2.17. The van der Waals surface area contributed by atoms with Gasteiger partial charge < -0.3 is 20.8 Å². The molecule has 1 aromatic rings. The van der Waals surface area contributed by atoms with Crippen molar-refractivity contribution >= 4 is 12.0 Å². The minimum atomic E-state index is -1.17. The number of nitrogens with one attached hydrogen (secondary N) is 2. The fourth-order valence-electron chi connectivity index (χ4n) is 2.17. The highest BCUT2D eigenvalue weighted by atomic mass is 16.4. The molecule has 6 heteroatoms. The molecule has 0 heterocycles. The van der Waals surface area contributed by atoms with Gasteiger partial charge in [0, 0.05) is 12.6 Å². The van der Waals surface area contributed by atoms with E-state index >= 15 is 0 Å². The van der Waals surface area contributed by atoms with E-state index in [2.05, 4.69) is 10.6 Å². The monoisotopic (exact) mass is 280 g/mol. The van der Waals surface area contributed by atoms with E-state index in [1.165, 1.54) is 0 Å². The van der Waals surface area contributed by atoms with Crippen LogP contribution in [0.3, 0.4) is 0 Å². The number of carbonyl (C=O) groups is 2. The average molecular weight is 280 g/mol. The van der Waals surface area contributed by atoms with Crippen LogP contribution >= 0.6 is 0 Å². The summed E-state index contributed by atoms with van der Waals surface area (Å²) in [5.74, 6) is -0.162. The summed E-state index contributed by atoms with van der Waals surface area (Å²) in [6.07, 6.45) is -0.782. The molecule has 110 valence electrons. The molecule has 0 radical (unpaired) electrons. The Bertz CT molecular complexity index is 491. The number of benzene rings is 1. The summed E-state index contributed by atoms with van der Waals surface area (Å²) in [6.45, 7) is 3.45. The van der Waals surface area contributed by atoms with Crippen molar-refractivity contribution in [3.05, 3.63) is 34.4 Å². The summed E-state index contributed by atoms with van der Waals surface area (Å²) in [6, 6.07) is 2.96. The first-order chi connectivity index (χ1) is 9.38. The van der Waals surface area contributed by atoms with Crippen LogP contribution in [0.15, 0.2) is 12.1 Å². The molecule has 1 aromatic carbocycles. The highest BCUT2D eigenvalue weighted by molar-refractivity contribution is 5.94. The molecule has 2 amide bonds. The van der Waals surface area contributed by atoms with Crippen LogP contribution < -0.4 is 10.6 Å². The molecule has 0 saturated heterocycles. The number of aliphatic hydroxyl groups is 1. The van der Waals surface area contributed by atoms with Crippen molar-refractivity contribution in [1.82, 2.24) is 10.6 Å². The molecule has 1 atom stereocenters. The molecule has 0 aromatic heterocycles. The SMILES string of the molecule is CNC(=O)c1cc(C)c(C[C@@H](CO)NC(=O)O)c(C)c1. The molecule has 0 saturated carbocycles. The maximum absolute atomic E-state index is 11.6. The summed E-state index contributed by atoms with van der Waals surface area (Å²) in [7, 11) is 1.57. The first-order valence-electron chi connectivity index (χ1n) is 6.31. The van der Waals surface area contributed by atoms with Gasteiger partial charge >= 0.3 is 6.09 Å². The largest absolute Gasteiger partial charge is 0.465 e. The second-order valence-corrected chi connectivity index (χ2v) is 4.70. The average Bonchev–Trinajstić information content (AvgIpc) is 2.39. The Hall–Kier alpha value is -2.08. The highest BCUT2D eigenvalue weighted by Crippen LogP contribution is 2.18. The molecule has 20 heavy (non-hydrogen) atoms. The molecule has 0 bridgehead atoms. The third-order valence-corrected chi connectivity index (χ3v) is 3.18. The van der Waals surface area contributed by atoms with Crippen molar-refractivity contribution in [3.8, 4) is 0 Å². The van der Waals surface area contributed by atoms with E-state index < -0.39 is 12.1 Å². The van der Waals surface area contributed by atoms with Crippen LogP contribution in [0, 0.1) is 13.8 Å². The first kappa shape index (κ1) is 16.0.